The van der Waals surface area contributed by atoms with Crippen molar-refractivity contribution in [1.82, 2.24) is 9.88 Å². The lowest BCUT2D eigenvalue weighted by Crippen LogP contribution is -3.14. The summed E-state index contributed by atoms with van der Waals surface area (Å²) in [6.45, 7) is 2.22. The van der Waals surface area contributed by atoms with E-state index in [1.807, 2.05) is 36.5 Å². The fourth-order valence-corrected chi connectivity index (χ4v) is 3.66. The first kappa shape index (κ1) is 16.6. The fraction of sp³-hybridized carbons (Fsp3) is 0.250. The predicted octanol–water partition coefficient (Wildman–Crippen LogP) is 1.52. The van der Waals surface area contributed by atoms with Crippen molar-refractivity contribution in [2.75, 3.05) is 13.1 Å². The smallest absolute Gasteiger partial charge is 0.275 e. The van der Waals surface area contributed by atoms with Gasteiger partial charge in [-0.3, -0.25) is 4.79 Å². The van der Waals surface area contributed by atoms with Crippen molar-refractivity contribution in [2.45, 2.75) is 19.1 Å². The molecule has 2 N–H and O–H groups in total. The fourth-order valence-electron chi connectivity index (χ4n) is 3.66. The number of halogens is 1. The van der Waals surface area contributed by atoms with Gasteiger partial charge in [0.05, 0.1) is 37.2 Å². The first-order valence-corrected chi connectivity index (χ1v) is 8.75. The van der Waals surface area contributed by atoms with Gasteiger partial charge in [0.2, 0.25) is 0 Å². The van der Waals surface area contributed by atoms with Crippen LogP contribution in [0, 0.1) is 5.82 Å². The summed E-state index contributed by atoms with van der Waals surface area (Å²) in [5.41, 5.74) is 1.66. The zero-order chi connectivity index (χ0) is 17.9. The van der Waals surface area contributed by atoms with Crippen LogP contribution < -0.4 is 10.2 Å². The van der Waals surface area contributed by atoms with Crippen LogP contribution >= 0.6 is 0 Å². The van der Waals surface area contributed by atoms with Crippen molar-refractivity contribution in [3.8, 4) is 0 Å². The van der Waals surface area contributed by atoms with Gasteiger partial charge in [0.15, 0.2) is 12.6 Å². The van der Waals surface area contributed by atoms with Gasteiger partial charge in [-0.15, -0.1) is 0 Å². The van der Waals surface area contributed by atoms with E-state index in [0.717, 1.165) is 23.7 Å². The summed E-state index contributed by atoms with van der Waals surface area (Å²) in [6.07, 6.45) is 3.59. The Morgan fingerprint density at radius 3 is 2.92 bits per heavy atom. The summed E-state index contributed by atoms with van der Waals surface area (Å²) in [4.78, 5) is 13.5. The zero-order valence-electron chi connectivity index (χ0n) is 14.3. The number of nitrogens with one attached hydrogen (secondary N) is 2. The van der Waals surface area contributed by atoms with E-state index in [9.17, 15) is 9.18 Å². The molecule has 3 heterocycles. The number of carbonyl (C=O) groups is 1. The highest BCUT2D eigenvalue weighted by Gasteiger charge is 2.35. The number of hydrogen-bond acceptors (Lipinski definition) is 2. The number of furan rings is 1. The third kappa shape index (κ3) is 3.28. The Bertz CT molecular complexity index is 888. The summed E-state index contributed by atoms with van der Waals surface area (Å²) in [5, 5.41) is 2.88. The van der Waals surface area contributed by atoms with Crippen molar-refractivity contribution in [1.29, 1.82) is 0 Å². The summed E-state index contributed by atoms with van der Waals surface area (Å²) >= 11 is 0. The quantitative estimate of drug-likeness (QED) is 0.730. The second-order valence-corrected chi connectivity index (χ2v) is 6.52. The van der Waals surface area contributed by atoms with Gasteiger partial charge < -0.3 is 19.2 Å². The average Bonchev–Trinajstić information content (AvgIpc) is 3.32. The van der Waals surface area contributed by atoms with Gasteiger partial charge in [-0.05, 0) is 36.4 Å². The van der Waals surface area contributed by atoms with E-state index in [0.29, 0.717) is 17.9 Å². The average molecular weight is 354 g/mol. The predicted molar refractivity (Wildman–Crippen MR) is 93.9 cm³/mol. The molecule has 1 aromatic carbocycles. The van der Waals surface area contributed by atoms with E-state index < -0.39 is 0 Å². The van der Waals surface area contributed by atoms with Crippen LogP contribution in [0.5, 0.6) is 0 Å². The van der Waals surface area contributed by atoms with Crippen molar-refractivity contribution in [3.05, 3.63) is 83.8 Å². The Labute approximate surface area is 151 Å². The number of aromatic nitrogens is 1. The number of nitrogens with zero attached hydrogens (tertiary/aromatic N) is 1. The second-order valence-electron chi connectivity index (χ2n) is 6.52. The Balaban J connectivity index is 1.54. The number of rotatable bonds is 5. The number of carbonyl (C=O) groups excluding carboxylic acids is 1. The lowest BCUT2D eigenvalue weighted by atomic mass is 9.99. The van der Waals surface area contributed by atoms with Crippen LogP contribution in [0.2, 0.25) is 0 Å². The minimum atomic E-state index is -0.236. The maximum atomic E-state index is 14.5. The Hall–Kier alpha value is -2.86. The molecule has 3 aromatic rings. The van der Waals surface area contributed by atoms with Crippen LogP contribution in [0.25, 0.3) is 0 Å². The van der Waals surface area contributed by atoms with E-state index in [-0.39, 0.29) is 24.3 Å². The third-order valence-corrected chi connectivity index (χ3v) is 4.89. The molecule has 0 bridgehead atoms. The van der Waals surface area contributed by atoms with Gasteiger partial charge in [-0.25, -0.2) is 4.39 Å². The Morgan fingerprint density at radius 1 is 1.23 bits per heavy atom. The van der Waals surface area contributed by atoms with Gasteiger partial charge in [-0.1, -0.05) is 12.1 Å². The number of hydrogen-bond donors (Lipinski definition) is 2. The standard InChI is InChI=1S/C20H20FN3O2/c21-17-7-2-1-6-16(17)20-18-8-3-9-23(18)10-11-24(20)14-19(25)22-13-15-5-4-12-26-15/h1-9,12,20H,10-11,13-14H2,(H,22,25)/p+1/t20-/m0/s1. The molecule has 1 amide bonds. The Morgan fingerprint density at radius 2 is 2.12 bits per heavy atom. The molecule has 1 aliphatic rings. The second kappa shape index (κ2) is 7.17. The van der Waals surface area contributed by atoms with Crippen LogP contribution in [0.4, 0.5) is 4.39 Å². The van der Waals surface area contributed by atoms with Crippen molar-refractivity contribution >= 4 is 5.91 Å². The molecule has 5 nitrogen and oxygen atoms in total. The highest BCUT2D eigenvalue weighted by Crippen LogP contribution is 2.24. The third-order valence-electron chi connectivity index (χ3n) is 4.89. The van der Waals surface area contributed by atoms with Crippen molar-refractivity contribution in [2.24, 2.45) is 0 Å². The molecule has 1 unspecified atom stereocenters. The molecular weight excluding hydrogens is 333 g/mol. The molecule has 6 heteroatoms. The van der Waals surface area contributed by atoms with Crippen LogP contribution in [-0.4, -0.2) is 23.6 Å². The lowest BCUT2D eigenvalue weighted by Gasteiger charge is -2.34. The van der Waals surface area contributed by atoms with E-state index in [2.05, 4.69) is 9.88 Å². The summed E-state index contributed by atoms with van der Waals surface area (Å²) < 4.78 is 21.9. The molecule has 0 radical (unpaired) electrons. The topological polar surface area (TPSA) is 51.6 Å². The molecule has 0 saturated heterocycles. The lowest BCUT2D eigenvalue weighted by molar-refractivity contribution is -0.922. The number of fused-ring (bicyclic) bond motifs is 1. The van der Waals surface area contributed by atoms with Crippen molar-refractivity contribution < 1.29 is 18.5 Å². The Kier molecular flexibility index (Phi) is 4.58. The van der Waals surface area contributed by atoms with Gasteiger partial charge in [0, 0.05) is 6.20 Å². The largest absolute Gasteiger partial charge is 0.467 e. The molecule has 0 fully saturated rings. The number of quaternary nitrogens is 1. The summed E-state index contributed by atoms with van der Waals surface area (Å²) in [7, 11) is 0. The van der Waals surface area contributed by atoms with E-state index >= 15 is 0 Å². The molecule has 134 valence electrons. The zero-order valence-corrected chi connectivity index (χ0v) is 14.3. The molecule has 4 rings (SSSR count). The van der Waals surface area contributed by atoms with Crippen LogP contribution in [-0.2, 0) is 17.9 Å². The molecule has 26 heavy (non-hydrogen) atoms. The van der Waals surface area contributed by atoms with E-state index in [4.69, 9.17) is 4.42 Å². The van der Waals surface area contributed by atoms with Crippen LogP contribution in [0.3, 0.4) is 0 Å². The normalized spacial score (nSPS) is 19.1. The van der Waals surface area contributed by atoms with Gasteiger partial charge >= 0.3 is 0 Å². The summed E-state index contributed by atoms with van der Waals surface area (Å²) in [5.74, 6) is 0.407. The first-order chi connectivity index (χ1) is 12.7. The minimum Gasteiger partial charge on any atom is -0.467 e. The molecule has 1 aliphatic heterocycles. The van der Waals surface area contributed by atoms with Crippen molar-refractivity contribution in [3.63, 3.8) is 0 Å². The van der Waals surface area contributed by atoms with Gasteiger partial charge in [0.1, 0.15) is 11.6 Å². The SMILES string of the molecule is O=C(C[NH+]1CCn2cccc2[C@@H]1c1ccccc1F)NCc1ccco1. The van der Waals surface area contributed by atoms with Crippen LogP contribution in [0.15, 0.2) is 65.4 Å². The molecule has 2 aromatic heterocycles. The maximum absolute atomic E-state index is 14.5. The molecule has 0 aliphatic carbocycles. The van der Waals surface area contributed by atoms with Gasteiger partial charge in [-0.2, -0.15) is 0 Å². The minimum absolute atomic E-state index is 0.0715. The molecule has 0 spiro atoms. The molecule has 0 saturated carbocycles. The van der Waals surface area contributed by atoms with E-state index in [1.54, 1.807) is 18.4 Å². The highest BCUT2D eigenvalue weighted by atomic mass is 19.1. The first-order valence-electron chi connectivity index (χ1n) is 8.75. The van der Waals surface area contributed by atoms with Gasteiger partial charge in [0.25, 0.3) is 5.91 Å². The van der Waals surface area contributed by atoms with E-state index in [1.165, 1.54) is 6.07 Å². The number of benzene rings is 1. The molecule has 2 atom stereocenters. The monoisotopic (exact) mass is 354 g/mol. The molecular formula is C20H21FN3O2+. The van der Waals surface area contributed by atoms with Crippen LogP contribution in [0.1, 0.15) is 23.1 Å². The number of amides is 1. The maximum Gasteiger partial charge on any atom is 0.275 e. The summed E-state index contributed by atoms with van der Waals surface area (Å²) in [6, 6.07) is 14.2. The highest BCUT2D eigenvalue weighted by molar-refractivity contribution is 5.76.